The molecule has 0 bridgehead atoms. The summed E-state index contributed by atoms with van der Waals surface area (Å²) in [4.78, 5) is 0. The van der Waals surface area contributed by atoms with Crippen LogP contribution in [0.4, 0.5) is 0 Å². The second kappa shape index (κ2) is 6.88. The normalized spacial score (nSPS) is 11.1. The molecule has 3 aromatic carbocycles. The van der Waals surface area contributed by atoms with Gasteiger partial charge in [-0.2, -0.15) is 0 Å². The molecule has 4 nitrogen and oxygen atoms in total. The third-order valence-electron chi connectivity index (χ3n) is 5.12. The molecular weight excluding hydrogens is 340 g/mol. The Morgan fingerprint density at radius 1 is 0.519 bits per heavy atom. The molecule has 27 heavy (non-hydrogen) atoms. The molecule has 0 amide bonds. The third-order valence-corrected chi connectivity index (χ3v) is 5.12. The lowest BCUT2D eigenvalue weighted by Gasteiger charge is -2.25. The molecule has 0 saturated heterocycles. The van der Waals surface area contributed by atoms with Gasteiger partial charge < -0.3 is 20.4 Å². The summed E-state index contributed by atoms with van der Waals surface area (Å²) in [6.07, 6.45) is 0. The standard InChI is InChI=1S/C23H24O4/c1-12-9-20(25)14(3)7-18(12)23(17-6-5-16(24)11-22(17)27)19-8-15(4)21(26)10-13(19)2/h5-11,23-27H,1-4H3. The monoisotopic (exact) mass is 364 g/mol. The molecule has 0 unspecified atom stereocenters. The van der Waals surface area contributed by atoms with Gasteiger partial charge in [0.1, 0.15) is 23.0 Å². The molecule has 0 atom stereocenters. The Bertz CT molecular complexity index is 964. The quantitative estimate of drug-likeness (QED) is 0.497. The Morgan fingerprint density at radius 2 is 1.00 bits per heavy atom. The van der Waals surface area contributed by atoms with Crippen LogP contribution in [0.1, 0.15) is 44.9 Å². The van der Waals surface area contributed by atoms with Crippen molar-refractivity contribution in [2.75, 3.05) is 0 Å². The molecule has 0 saturated carbocycles. The molecule has 140 valence electrons. The highest BCUT2D eigenvalue weighted by molar-refractivity contribution is 5.57. The van der Waals surface area contributed by atoms with Crippen LogP contribution in [-0.4, -0.2) is 20.4 Å². The van der Waals surface area contributed by atoms with Crippen molar-refractivity contribution in [2.24, 2.45) is 0 Å². The maximum Gasteiger partial charge on any atom is 0.123 e. The van der Waals surface area contributed by atoms with Crippen molar-refractivity contribution in [3.8, 4) is 23.0 Å². The van der Waals surface area contributed by atoms with E-state index >= 15 is 0 Å². The van der Waals surface area contributed by atoms with E-state index in [-0.39, 0.29) is 28.9 Å². The lowest BCUT2D eigenvalue weighted by molar-refractivity contribution is 0.445. The molecule has 3 rings (SSSR count). The minimum absolute atomic E-state index is 0.00439. The largest absolute Gasteiger partial charge is 0.508 e. The Balaban J connectivity index is 2.34. The van der Waals surface area contributed by atoms with Crippen LogP contribution in [0, 0.1) is 27.7 Å². The summed E-state index contributed by atoms with van der Waals surface area (Å²) in [6.45, 7) is 7.50. The van der Waals surface area contributed by atoms with Crippen LogP contribution in [0.25, 0.3) is 0 Å². The number of aromatic hydroxyl groups is 4. The number of aryl methyl sites for hydroxylation is 4. The van der Waals surface area contributed by atoms with E-state index < -0.39 is 0 Å². The molecule has 0 aliphatic heterocycles. The minimum atomic E-state index is -0.316. The van der Waals surface area contributed by atoms with Gasteiger partial charge >= 0.3 is 0 Å². The van der Waals surface area contributed by atoms with Crippen molar-refractivity contribution < 1.29 is 20.4 Å². The number of phenols is 4. The van der Waals surface area contributed by atoms with E-state index in [1.807, 2.05) is 39.8 Å². The number of hydrogen-bond acceptors (Lipinski definition) is 4. The first-order valence-electron chi connectivity index (χ1n) is 8.81. The summed E-state index contributed by atoms with van der Waals surface area (Å²) in [5, 5.41) is 40.4. The van der Waals surface area contributed by atoms with E-state index in [0.717, 1.165) is 33.4 Å². The number of rotatable bonds is 3. The van der Waals surface area contributed by atoms with E-state index in [4.69, 9.17) is 0 Å². The maximum absolute atomic E-state index is 10.6. The van der Waals surface area contributed by atoms with Crippen LogP contribution in [0.5, 0.6) is 23.0 Å². The molecule has 0 aliphatic rings. The van der Waals surface area contributed by atoms with Gasteiger partial charge in [0.2, 0.25) is 0 Å². The molecule has 4 N–H and O–H groups in total. The Hall–Kier alpha value is -3.14. The van der Waals surface area contributed by atoms with E-state index in [0.29, 0.717) is 5.56 Å². The van der Waals surface area contributed by atoms with E-state index in [1.165, 1.54) is 6.07 Å². The molecule has 0 spiro atoms. The van der Waals surface area contributed by atoms with E-state index in [9.17, 15) is 20.4 Å². The van der Waals surface area contributed by atoms with E-state index in [1.54, 1.807) is 24.3 Å². The zero-order chi connectivity index (χ0) is 19.9. The van der Waals surface area contributed by atoms with Crippen molar-refractivity contribution >= 4 is 0 Å². The van der Waals surface area contributed by atoms with Crippen molar-refractivity contribution in [1.82, 2.24) is 0 Å². The van der Waals surface area contributed by atoms with Gasteiger partial charge in [-0.05, 0) is 79.3 Å². The first-order chi connectivity index (χ1) is 12.7. The fourth-order valence-corrected chi connectivity index (χ4v) is 3.55. The van der Waals surface area contributed by atoms with Crippen molar-refractivity contribution in [3.05, 3.63) is 81.4 Å². The highest BCUT2D eigenvalue weighted by Gasteiger charge is 2.25. The Labute approximate surface area is 159 Å². The van der Waals surface area contributed by atoms with Crippen molar-refractivity contribution in [2.45, 2.75) is 33.6 Å². The predicted octanol–water partition coefficient (Wildman–Crippen LogP) is 4.92. The smallest absolute Gasteiger partial charge is 0.123 e. The molecule has 0 heterocycles. The highest BCUT2D eigenvalue weighted by atomic mass is 16.3. The predicted molar refractivity (Wildman–Crippen MR) is 106 cm³/mol. The van der Waals surface area contributed by atoms with Gasteiger partial charge in [-0.25, -0.2) is 0 Å². The summed E-state index contributed by atoms with van der Waals surface area (Å²) in [6, 6.07) is 11.9. The maximum atomic E-state index is 10.6. The number of phenolic OH excluding ortho intramolecular Hbond substituents is 4. The van der Waals surface area contributed by atoms with Crippen LogP contribution < -0.4 is 0 Å². The van der Waals surface area contributed by atoms with Crippen LogP contribution in [0.3, 0.4) is 0 Å². The second-order valence-electron chi connectivity index (χ2n) is 7.17. The van der Waals surface area contributed by atoms with Crippen LogP contribution in [-0.2, 0) is 0 Å². The molecule has 4 heteroatoms. The average Bonchev–Trinajstić information content (AvgIpc) is 2.58. The van der Waals surface area contributed by atoms with Gasteiger partial charge in [0.25, 0.3) is 0 Å². The Kier molecular flexibility index (Phi) is 4.75. The number of benzene rings is 3. The summed E-state index contributed by atoms with van der Waals surface area (Å²) < 4.78 is 0. The van der Waals surface area contributed by atoms with Gasteiger partial charge in [-0.3, -0.25) is 0 Å². The molecule has 0 aliphatic carbocycles. The van der Waals surface area contributed by atoms with Crippen molar-refractivity contribution in [3.63, 3.8) is 0 Å². The van der Waals surface area contributed by atoms with Crippen LogP contribution in [0.15, 0.2) is 42.5 Å². The second-order valence-corrected chi connectivity index (χ2v) is 7.17. The number of hydrogen-bond donors (Lipinski definition) is 4. The zero-order valence-electron chi connectivity index (χ0n) is 15.9. The molecule has 0 fully saturated rings. The average molecular weight is 364 g/mol. The topological polar surface area (TPSA) is 80.9 Å². The van der Waals surface area contributed by atoms with Gasteiger partial charge in [-0.1, -0.05) is 18.2 Å². The SMILES string of the molecule is Cc1cc(C(c2cc(C)c(O)cc2C)c2ccc(O)cc2O)c(C)cc1O. The summed E-state index contributed by atoms with van der Waals surface area (Å²) >= 11 is 0. The van der Waals surface area contributed by atoms with Crippen LogP contribution >= 0.6 is 0 Å². The van der Waals surface area contributed by atoms with Crippen LogP contribution in [0.2, 0.25) is 0 Å². The summed E-state index contributed by atoms with van der Waals surface area (Å²) in [5.74, 6) is 0.124. The Morgan fingerprint density at radius 3 is 1.44 bits per heavy atom. The lowest BCUT2D eigenvalue weighted by atomic mass is 9.79. The van der Waals surface area contributed by atoms with Gasteiger partial charge in [-0.15, -0.1) is 0 Å². The molecular formula is C23H24O4. The molecule has 3 aromatic rings. The van der Waals surface area contributed by atoms with Gasteiger partial charge in [0.05, 0.1) is 0 Å². The summed E-state index contributed by atoms with van der Waals surface area (Å²) in [5.41, 5.74) is 5.80. The summed E-state index contributed by atoms with van der Waals surface area (Å²) in [7, 11) is 0. The fourth-order valence-electron chi connectivity index (χ4n) is 3.55. The first kappa shape index (κ1) is 18.6. The zero-order valence-corrected chi connectivity index (χ0v) is 15.9. The van der Waals surface area contributed by atoms with Crippen molar-refractivity contribution in [1.29, 1.82) is 0 Å². The van der Waals surface area contributed by atoms with Gasteiger partial charge in [0.15, 0.2) is 0 Å². The molecule has 0 aromatic heterocycles. The highest BCUT2D eigenvalue weighted by Crippen LogP contribution is 2.42. The lowest BCUT2D eigenvalue weighted by Crippen LogP contribution is -2.08. The first-order valence-corrected chi connectivity index (χ1v) is 8.81. The van der Waals surface area contributed by atoms with E-state index in [2.05, 4.69) is 0 Å². The minimum Gasteiger partial charge on any atom is -0.508 e. The molecule has 0 radical (unpaired) electrons. The third kappa shape index (κ3) is 3.43. The van der Waals surface area contributed by atoms with Gasteiger partial charge in [0, 0.05) is 17.5 Å². The fraction of sp³-hybridized carbons (Fsp3) is 0.217.